The molecular weight excluding hydrogens is 294 g/mol. The van der Waals surface area contributed by atoms with Crippen molar-refractivity contribution in [2.75, 3.05) is 5.32 Å². The lowest BCUT2D eigenvalue weighted by Crippen LogP contribution is -2.36. The van der Waals surface area contributed by atoms with Crippen molar-refractivity contribution < 1.29 is 14.7 Å². The van der Waals surface area contributed by atoms with E-state index in [-0.39, 0.29) is 11.8 Å². The van der Waals surface area contributed by atoms with E-state index in [0.29, 0.717) is 11.6 Å². The van der Waals surface area contributed by atoms with Gasteiger partial charge in [0.1, 0.15) is 0 Å². The molecule has 1 aromatic rings. The highest BCUT2D eigenvalue weighted by molar-refractivity contribution is 5.92. The number of rotatable bonds is 7. The Hall–Kier alpha value is -1.85. The molecule has 0 saturated heterocycles. The molecule has 6 nitrogen and oxygen atoms in total. The number of carboxylic acid groups (broad SMARTS) is 1. The number of aromatic nitrogens is 2. The first-order valence-corrected chi connectivity index (χ1v) is 8.44. The van der Waals surface area contributed by atoms with E-state index in [1.165, 1.54) is 36.6 Å². The van der Waals surface area contributed by atoms with Crippen molar-refractivity contribution >= 4 is 17.6 Å². The molecular formula is C17H27N3O3. The van der Waals surface area contributed by atoms with Gasteiger partial charge in [-0.3, -0.25) is 9.48 Å². The van der Waals surface area contributed by atoms with Gasteiger partial charge >= 0.3 is 5.97 Å². The van der Waals surface area contributed by atoms with Gasteiger partial charge in [0.2, 0.25) is 5.91 Å². The predicted molar refractivity (Wildman–Crippen MR) is 88.2 cm³/mol. The summed E-state index contributed by atoms with van der Waals surface area (Å²) in [6.07, 6.45) is 9.86. The molecule has 2 rings (SSSR count). The Bertz CT molecular complexity index is 559. The number of nitrogens with one attached hydrogen (secondary N) is 1. The van der Waals surface area contributed by atoms with Crippen LogP contribution in [0.15, 0.2) is 12.4 Å². The number of carboxylic acids is 1. The Morgan fingerprint density at radius 3 is 2.65 bits per heavy atom. The normalized spacial score (nSPS) is 17.2. The Labute approximate surface area is 137 Å². The van der Waals surface area contributed by atoms with Crippen LogP contribution in [0.25, 0.3) is 0 Å². The topological polar surface area (TPSA) is 84.2 Å². The van der Waals surface area contributed by atoms with E-state index in [2.05, 4.69) is 10.4 Å². The standard InChI is InChI=1S/C17H27N3O3/c1-4-13(9-12-7-5-6-8-12)15(21)19-14-10-18-20(11-14)17(2,3)16(22)23/h10-13H,4-9H2,1-3H3,(H,19,21)(H,22,23). The molecule has 1 unspecified atom stereocenters. The number of hydrogen-bond donors (Lipinski definition) is 2. The fraction of sp³-hybridized carbons (Fsp3) is 0.706. The molecule has 1 amide bonds. The molecule has 1 aliphatic carbocycles. The average Bonchev–Trinajstić information content (AvgIpc) is 3.15. The number of aliphatic carboxylic acids is 1. The Balaban J connectivity index is 1.99. The third kappa shape index (κ3) is 4.12. The van der Waals surface area contributed by atoms with E-state index in [9.17, 15) is 14.7 Å². The summed E-state index contributed by atoms with van der Waals surface area (Å²) >= 11 is 0. The van der Waals surface area contributed by atoms with Crippen LogP contribution < -0.4 is 5.32 Å². The highest BCUT2D eigenvalue weighted by atomic mass is 16.4. The van der Waals surface area contributed by atoms with Crippen molar-refractivity contribution in [3.63, 3.8) is 0 Å². The summed E-state index contributed by atoms with van der Waals surface area (Å²) in [5, 5.41) is 16.2. The van der Waals surface area contributed by atoms with Crippen LogP contribution in [0, 0.1) is 11.8 Å². The smallest absolute Gasteiger partial charge is 0.331 e. The summed E-state index contributed by atoms with van der Waals surface area (Å²) in [5.41, 5.74) is -0.592. The number of nitrogens with zero attached hydrogens (tertiary/aromatic N) is 2. The first kappa shape index (κ1) is 17.5. The second-order valence-corrected chi connectivity index (χ2v) is 7.02. The van der Waals surface area contributed by atoms with Crippen LogP contribution in [0.3, 0.4) is 0 Å². The van der Waals surface area contributed by atoms with Gasteiger partial charge in [0.15, 0.2) is 5.54 Å². The fourth-order valence-electron chi connectivity index (χ4n) is 3.14. The van der Waals surface area contributed by atoms with E-state index < -0.39 is 11.5 Å². The largest absolute Gasteiger partial charge is 0.479 e. The van der Waals surface area contributed by atoms with E-state index in [1.54, 1.807) is 20.0 Å². The van der Waals surface area contributed by atoms with Gasteiger partial charge in [0, 0.05) is 12.1 Å². The second kappa shape index (κ2) is 7.15. The number of anilines is 1. The SMILES string of the molecule is CCC(CC1CCCC1)C(=O)Nc1cnn(C(C)(C)C(=O)O)c1. The maximum absolute atomic E-state index is 12.5. The molecule has 1 aromatic heterocycles. The number of carbonyl (C=O) groups excluding carboxylic acids is 1. The second-order valence-electron chi connectivity index (χ2n) is 7.02. The number of amides is 1. The first-order valence-electron chi connectivity index (χ1n) is 8.44. The molecule has 1 saturated carbocycles. The minimum Gasteiger partial charge on any atom is -0.479 e. The van der Waals surface area contributed by atoms with Crippen molar-refractivity contribution in [2.24, 2.45) is 11.8 Å². The van der Waals surface area contributed by atoms with Crippen molar-refractivity contribution in [3.05, 3.63) is 12.4 Å². The van der Waals surface area contributed by atoms with E-state index in [1.807, 2.05) is 6.92 Å². The minimum atomic E-state index is -1.14. The molecule has 1 heterocycles. The van der Waals surface area contributed by atoms with E-state index in [0.717, 1.165) is 12.8 Å². The van der Waals surface area contributed by atoms with Crippen molar-refractivity contribution in [2.45, 2.75) is 64.8 Å². The Kier molecular flexibility index (Phi) is 5.44. The van der Waals surface area contributed by atoms with Crippen molar-refractivity contribution in [1.29, 1.82) is 0 Å². The summed E-state index contributed by atoms with van der Waals surface area (Å²) in [6, 6.07) is 0. The molecule has 0 spiro atoms. The lowest BCUT2D eigenvalue weighted by Gasteiger charge is -2.20. The van der Waals surface area contributed by atoms with Crippen LogP contribution in [0.1, 0.15) is 59.3 Å². The van der Waals surface area contributed by atoms with E-state index in [4.69, 9.17) is 0 Å². The molecule has 23 heavy (non-hydrogen) atoms. The monoisotopic (exact) mass is 321 g/mol. The molecule has 1 fully saturated rings. The first-order chi connectivity index (χ1) is 10.8. The van der Waals surface area contributed by atoms with Gasteiger partial charge in [-0.05, 0) is 32.6 Å². The van der Waals surface area contributed by atoms with Gasteiger partial charge in [0.05, 0.1) is 11.9 Å². The number of hydrogen-bond acceptors (Lipinski definition) is 3. The van der Waals surface area contributed by atoms with Crippen LogP contribution in [-0.4, -0.2) is 26.8 Å². The number of carbonyl (C=O) groups is 2. The Morgan fingerprint density at radius 1 is 1.43 bits per heavy atom. The zero-order chi connectivity index (χ0) is 17.0. The quantitative estimate of drug-likeness (QED) is 0.807. The maximum Gasteiger partial charge on any atom is 0.331 e. The summed E-state index contributed by atoms with van der Waals surface area (Å²) in [4.78, 5) is 23.7. The van der Waals surface area contributed by atoms with Gasteiger partial charge in [-0.25, -0.2) is 4.79 Å². The van der Waals surface area contributed by atoms with Crippen LogP contribution in [-0.2, 0) is 15.1 Å². The van der Waals surface area contributed by atoms with Crippen LogP contribution in [0.2, 0.25) is 0 Å². The van der Waals surface area contributed by atoms with Gasteiger partial charge < -0.3 is 10.4 Å². The summed E-state index contributed by atoms with van der Waals surface area (Å²) in [6.45, 7) is 5.18. The predicted octanol–water partition coefficient (Wildman–Crippen LogP) is 3.25. The molecule has 0 aliphatic heterocycles. The molecule has 1 atom stereocenters. The third-order valence-electron chi connectivity index (χ3n) is 4.90. The van der Waals surface area contributed by atoms with Crippen molar-refractivity contribution in [3.8, 4) is 0 Å². The lowest BCUT2D eigenvalue weighted by molar-refractivity contribution is -0.146. The van der Waals surface area contributed by atoms with Gasteiger partial charge in [-0.15, -0.1) is 0 Å². The van der Waals surface area contributed by atoms with Gasteiger partial charge in [-0.2, -0.15) is 5.10 Å². The highest BCUT2D eigenvalue weighted by Crippen LogP contribution is 2.31. The fourth-order valence-corrected chi connectivity index (χ4v) is 3.14. The average molecular weight is 321 g/mol. The van der Waals surface area contributed by atoms with E-state index >= 15 is 0 Å². The summed E-state index contributed by atoms with van der Waals surface area (Å²) in [5.74, 6) is -0.286. The molecule has 0 bridgehead atoms. The highest BCUT2D eigenvalue weighted by Gasteiger charge is 2.30. The zero-order valence-electron chi connectivity index (χ0n) is 14.2. The summed E-state index contributed by atoms with van der Waals surface area (Å²) < 4.78 is 1.36. The van der Waals surface area contributed by atoms with Crippen LogP contribution in [0.5, 0.6) is 0 Å². The minimum absolute atomic E-state index is 0.00656. The lowest BCUT2D eigenvalue weighted by atomic mass is 9.91. The van der Waals surface area contributed by atoms with Crippen molar-refractivity contribution in [1.82, 2.24) is 9.78 Å². The summed E-state index contributed by atoms with van der Waals surface area (Å²) in [7, 11) is 0. The van der Waals surface area contributed by atoms with Crippen LogP contribution >= 0.6 is 0 Å². The maximum atomic E-state index is 12.5. The third-order valence-corrected chi connectivity index (χ3v) is 4.90. The Morgan fingerprint density at radius 2 is 2.09 bits per heavy atom. The molecule has 0 radical (unpaired) electrons. The zero-order valence-corrected chi connectivity index (χ0v) is 14.2. The van der Waals surface area contributed by atoms with Crippen LogP contribution in [0.4, 0.5) is 5.69 Å². The molecule has 2 N–H and O–H groups in total. The molecule has 6 heteroatoms. The molecule has 128 valence electrons. The molecule has 1 aliphatic rings. The molecule has 0 aromatic carbocycles. The van der Waals surface area contributed by atoms with Gasteiger partial charge in [0.25, 0.3) is 0 Å². The van der Waals surface area contributed by atoms with Gasteiger partial charge in [-0.1, -0.05) is 32.6 Å².